The summed E-state index contributed by atoms with van der Waals surface area (Å²) in [6.07, 6.45) is 4.42. The Labute approximate surface area is 117 Å². The topological polar surface area (TPSA) is 64.9 Å². The molecule has 19 heavy (non-hydrogen) atoms. The van der Waals surface area contributed by atoms with Gasteiger partial charge in [0, 0.05) is 17.1 Å². The molecule has 2 N–H and O–H groups in total. The van der Waals surface area contributed by atoms with Crippen LogP contribution in [0.4, 0.5) is 0 Å². The van der Waals surface area contributed by atoms with Crippen LogP contribution in [-0.2, 0) is 5.41 Å². The van der Waals surface area contributed by atoms with Gasteiger partial charge in [0.2, 0.25) is 11.7 Å². The molecule has 1 aromatic carbocycles. The standard InChI is InChI=1S/C14H16ClN3O/c15-11-5-3-10(4-6-11)12-17-13(19-18-12)14(9-16)7-1-2-8-14/h3-6H,1-2,7-9,16H2. The Morgan fingerprint density at radius 1 is 1.21 bits per heavy atom. The van der Waals surface area contributed by atoms with Crippen molar-refractivity contribution in [1.29, 1.82) is 0 Å². The molecule has 0 amide bonds. The molecule has 100 valence electrons. The van der Waals surface area contributed by atoms with Crippen LogP contribution in [0, 0.1) is 0 Å². The van der Waals surface area contributed by atoms with Crippen LogP contribution in [0.15, 0.2) is 28.8 Å². The highest BCUT2D eigenvalue weighted by atomic mass is 35.5. The Balaban J connectivity index is 1.92. The summed E-state index contributed by atoms with van der Waals surface area (Å²) in [5.74, 6) is 1.28. The lowest BCUT2D eigenvalue weighted by Crippen LogP contribution is -2.32. The van der Waals surface area contributed by atoms with Gasteiger partial charge < -0.3 is 10.3 Å². The molecule has 2 aromatic rings. The average molecular weight is 278 g/mol. The van der Waals surface area contributed by atoms with Gasteiger partial charge in [0.1, 0.15) is 0 Å². The van der Waals surface area contributed by atoms with Crippen molar-refractivity contribution in [2.75, 3.05) is 6.54 Å². The molecule has 1 fully saturated rings. The lowest BCUT2D eigenvalue weighted by Gasteiger charge is -2.21. The molecule has 1 heterocycles. The Hall–Kier alpha value is -1.39. The lowest BCUT2D eigenvalue weighted by atomic mass is 9.86. The van der Waals surface area contributed by atoms with Gasteiger partial charge >= 0.3 is 0 Å². The zero-order valence-electron chi connectivity index (χ0n) is 10.6. The van der Waals surface area contributed by atoms with E-state index in [0.717, 1.165) is 18.4 Å². The fourth-order valence-corrected chi connectivity index (χ4v) is 2.84. The zero-order valence-corrected chi connectivity index (χ0v) is 11.4. The van der Waals surface area contributed by atoms with Crippen LogP contribution in [0.1, 0.15) is 31.6 Å². The number of benzene rings is 1. The summed E-state index contributed by atoms with van der Waals surface area (Å²) in [5, 5.41) is 4.76. The van der Waals surface area contributed by atoms with Crippen molar-refractivity contribution in [2.45, 2.75) is 31.1 Å². The van der Waals surface area contributed by atoms with E-state index < -0.39 is 0 Å². The van der Waals surface area contributed by atoms with Crippen LogP contribution >= 0.6 is 11.6 Å². The van der Waals surface area contributed by atoms with Gasteiger partial charge in [0.15, 0.2) is 0 Å². The summed E-state index contributed by atoms with van der Waals surface area (Å²) >= 11 is 5.87. The summed E-state index contributed by atoms with van der Waals surface area (Å²) in [7, 11) is 0. The third-order valence-corrected chi connectivity index (χ3v) is 4.19. The number of aromatic nitrogens is 2. The Morgan fingerprint density at radius 2 is 1.89 bits per heavy atom. The first-order valence-electron chi connectivity index (χ1n) is 6.54. The third kappa shape index (κ3) is 2.26. The molecule has 1 saturated carbocycles. The summed E-state index contributed by atoms with van der Waals surface area (Å²) in [5.41, 5.74) is 6.72. The first kappa shape index (κ1) is 12.6. The maximum absolute atomic E-state index is 5.92. The highest BCUT2D eigenvalue weighted by molar-refractivity contribution is 6.30. The molecular formula is C14H16ClN3O. The smallest absolute Gasteiger partial charge is 0.234 e. The molecular weight excluding hydrogens is 262 g/mol. The highest BCUT2D eigenvalue weighted by Gasteiger charge is 2.39. The van der Waals surface area contributed by atoms with Gasteiger partial charge in [-0.3, -0.25) is 0 Å². The van der Waals surface area contributed by atoms with E-state index in [2.05, 4.69) is 10.1 Å². The van der Waals surface area contributed by atoms with Gasteiger partial charge in [-0.1, -0.05) is 29.6 Å². The number of hydrogen-bond acceptors (Lipinski definition) is 4. The first-order valence-corrected chi connectivity index (χ1v) is 6.91. The average Bonchev–Trinajstić information content (AvgIpc) is 3.09. The predicted octanol–water partition coefficient (Wildman–Crippen LogP) is 3.16. The van der Waals surface area contributed by atoms with Gasteiger partial charge in [0.05, 0.1) is 5.41 Å². The van der Waals surface area contributed by atoms with Crippen LogP contribution in [0.5, 0.6) is 0 Å². The second-order valence-electron chi connectivity index (χ2n) is 5.12. The Bertz CT molecular complexity index is 558. The van der Waals surface area contributed by atoms with Crippen molar-refractivity contribution < 1.29 is 4.52 Å². The van der Waals surface area contributed by atoms with Crippen LogP contribution in [0.2, 0.25) is 5.02 Å². The predicted molar refractivity (Wildman–Crippen MR) is 73.9 cm³/mol. The lowest BCUT2D eigenvalue weighted by molar-refractivity contribution is 0.284. The van der Waals surface area contributed by atoms with Gasteiger partial charge in [-0.2, -0.15) is 4.98 Å². The molecule has 0 bridgehead atoms. The third-order valence-electron chi connectivity index (χ3n) is 3.93. The minimum absolute atomic E-state index is 0.113. The van der Waals surface area contributed by atoms with E-state index >= 15 is 0 Å². The molecule has 0 saturated heterocycles. The fraction of sp³-hybridized carbons (Fsp3) is 0.429. The maximum atomic E-state index is 5.92. The molecule has 0 unspecified atom stereocenters. The molecule has 0 atom stereocenters. The minimum atomic E-state index is -0.113. The van der Waals surface area contributed by atoms with Gasteiger partial charge in [-0.05, 0) is 37.1 Å². The van der Waals surface area contributed by atoms with Gasteiger partial charge in [0.25, 0.3) is 0 Å². The molecule has 3 rings (SSSR count). The van der Waals surface area contributed by atoms with Crippen molar-refractivity contribution in [3.05, 3.63) is 35.2 Å². The van der Waals surface area contributed by atoms with Crippen LogP contribution in [0.25, 0.3) is 11.4 Å². The number of hydrogen-bond donors (Lipinski definition) is 1. The summed E-state index contributed by atoms with van der Waals surface area (Å²) in [4.78, 5) is 4.53. The monoisotopic (exact) mass is 277 g/mol. The van der Waals surface area contributed by atoms with E-state index in [1.54, 1.807) is 0 Å². The molecule has 5 heteroatoms. The van der Waals surface area contributed by atoms with E-state index in [-0.39, 0.29) is 5.41 Å². The van der Waals surface area contributed by atoms with Crippen molar-refractivity contribution in [3.8, 4) is 11.4 Å². The van der Waals surface area contributed by atoms with Crippen molar-refractivity contribution in [3.63, 3.8) is 0 Å². The van der Waals surface area contributed by atoms with Crippen molar-refractivity contribution in [1.82, 2.24) is 10.1 Å². The molecule has 0 aliphatic heterocycles. The number of halogens is 1. The molecule has 0 radical (unpaired) electrons. The van der Waals surface area contributed by atoms with Crippen molar-refractivity contribution in [2.24, 2.45) is 5.73 Å². The van der Waals surface area contributed by atoms with E-state index in [4.69, 9.17) is 21.9 Å². The summed E-state index contributed by atoms with van der Waals surface area (Å²) < 4.78 is 5.45. The Morgan fingerprint density at radius 3 is 2.53 bits per heavy atom. The first-order chi connectivity index (χ1) is 9.23. The van der Waals surface area contributed by atoms with Gasteiger partial charge in [-0.15, -0.1) is 0 Å². The zero-order chi connectivity index (χ0) is 13.3. The SMILES string of the molecule is NCC1(c2nc(-c3ccc(Cl)cc3)no2)CCCC1. The van der Waals surface area contributed by atoms with Crippen LogP contribution < -0.4 is 5.73 Å². The summed E-state index contributed by atoms with van der Waals surface area (Å²) in [6.45, 7) is 0.565. The van der Waals surface area contributed by atoms with Crippen molar-refractivity contribution >= 4 is 11.6 Å². The normalized spacial score (nSPS) is 17.8. The molecule has 1 aromatic heterocycles. The molecule has 0 spiro atoms. The van der Waals surface area contributed by atoms with E-state index in [1.165, 1.54) is 12.8 Å². The number of nitrogens with zero attached hydrogens (tertiary/aromatic N) is 2. The maximum Gasteiger partial charge on any atom is 0.234 e. The van der Waals surface area contributed by atoms with E-state index in [0.29, 0.717) is 23.3 Å². The van der Waals surface area contributed by atoms with E-state index in [1.807, 2.05) is 24.3 Å². The molecule has 1 aliphatic rings. The van der Waals surface area contributed by atoms with E-state index in [9.17, 15) is 0 Å². The molecule has 1 aliphatic carbocycles. The largest absolute Gasteiger partial charge is 0.338 e. The van der Waals surface area contributed by atoms with Gasteiger partial charge in [-0.25, -0.2) is 0 Å². The highest BCUT2D eigenvalue weighted by Crippen LogP contribution is 2.39. The summed E-state index contributed by atoms with van der Waals surface area (Å²) in [6, 6.07) is 7.42. The minimum Gasteiger partial charge on any atom is -0.338 e. The quantitative estimate of drug-likeness (QED) is 0.936. The Kier molecular flexibility index (Phi) is 3.29. The second-order valence-corrected chi connectivity index (χ2v) is 5.56. The van der Waals surface area contributed by atoms with Crippen LogP contribution in [-0.4, -0.2) is 16.7 Å². The molecule has 4 nitrogen and oxygen atoms in total. The number of nitrogens with two attached hydrogens (primary N) is 1. The fourth-order valence-electron chi connectivity index (χ4n) is 2.71. The second kappa shape index (κ2) is 4.94. The number of rotatable bonds is 3. The van der Waals surface area contributed by atoms with Crippen LogP contribution in [0.3, 0.4) is 0 Å².